The Bertz CT molecular complexity index is 586. The van der Waals surface area contributed by atoms with Crippen molar-refractivity contribution in [3.63, 3.8) is 0 Å². The van der Waals surface area contributed by atoms with E-state index in [0.717, 1.165) is 18.4 Å². The number of carbonyl (C=O) groups is 1. The molecule has 2 rings (SSSR count). The lowest BCUT2D eigenvalue weighted by Gasteiger charge is -2.39. The Balaban J connectivity index is 2.14. The first-order valence-electron chi connectivity index (χ1n) is 7.10. The standard InChI is InChI=1S/C15H22N2O3S/c1-21(19,20)11-12-7-8-14(13-5-3-2-4-6-13)17(9-12)10-15(16)18/h2-6,12,14H,7-11H2,1H3,(H2,16,18)/t12-,14-/m0/s1. The molecule has 6 heteroatoms. The fourth-order valence-corrected chi connectivity index (χ4v) is 4.25. The van der Waals surface area contributed by atoms with Crippen molar-refractivity contribution in [1.29, 1.82) is 0 Å². The quantitative estimate of drug-likeness (QED) is 0.879. The lowest BCUT2D eigenvalue weighted by atomic mass is 9.90. The Labute approximate surface area is 126 Å². The van der Waals surface area contributed by atoms with Gasteiger partial charge in [-0.1, -0.05) is 30.3 Å². The molecule has 0 radical (unpaired) electrons. The zero-order valence-electron chi connectivity index (χ0n) is 12.2. The number of primary amides is 1. The summed E-state index contributed by atoms with van der Waals surface area (Å²) in [6.07, 6.45) is 2.95. The molecule has 1 aromatic rings. The third-order valence-electron chi connectivity index (χ3n) is 3.86. The molecule has 0 aromatic heterocycles. The molecule has 1 aliphatic heterocycles. The topological polar surface area (TPSA) is 80.5 Å². The molecule has 21 heavy (non-hydrogen) atoms. The van der Waals surface area contributed by atoms with Crippen LogP contribution in [0.3, 0.4) is 0 Å². The predicted octanol–water partition coefficient (Wildman–Crippen LogP) is 0.970. The van der Waals surface area contributed by atoms with Crippen molar-refractivity contribution in [2.24, 2.45) is 11.7 Å². The molecule has 0 spiro atoms. The highest BCUT2D eigenvalue weighted by Gasteiger charge is 2.31. The largest absolute Gasteiger partial charge is 0.369 e. The molecule has 0 saturated carbocycles. The number of carbonyl (C=O) groups excluding carboxylic acids is 1. The Morgan fingerprint density at radius 3 is 2.52 bits per heavy atom. The summed E-state index contributed by atoms with van der Waals surface area (Å²) < 4.78 is 22.9. The van der Waals surface area contributed by atoms with Gasteiger partial charge in [-0.25, -0.2) is 8.42 Å². The number of hydrogen-bond donors (Lipinski definition) is 1. The number of rotatable bonds is 5. The molecule has 1 aliphatic rings. The minimum Gasteiger partial charge on any atom is -0.369 e. The minimum atomic E-state index is -3.00. The summed E-state index contributed by atoms with van der Waals surface area (Å²) >= 11 is 0. The maximum atomic E-state index is 11.5. The van der Waals surface area contributed by atoms with Gasteiger partial charge in [0.15, 0.2) is 0 Å². The summed E-state index contributed by atoms with van der Waals surface area (Å²) in [5.41, 5.74) is 6.49. The summed E-state index contributed by atoms with van der Waals surface area (Å²) in [5.74, 6) is -0.140. The van der Waals surface area contributed by atoms with Crippen molar-refractivity contribution >= 4 is 15.7 Å². The number of benzene rings is 1. The molecule has 5 nitrogen and oxygen atoms in total. The van der Waals surface area contributed by atoms with E-state index in [1.54, 1.807) is 0 Å². The van der Waals surface area contributed by atoms with Crippen LogP contribution < -0.4 is 5.73 Å². The summed E-state index contributed by atoms with van der Waals surface area (Å²) in [4.78, 5) is 13.3. The van der Waals surface area contributed by atoms with Gasteiger partial charge < -0.3 is 5.73 Å². The van der Waals surface area contributed by atoms with Crippen LogP contribution in [0.2, 0.25) is 0 Å². The van der Waals surface area contributed by atoms with Crippen molar-refractivity contribution in [2.75, 3.05) is 25.1 Å². The maximum Gasteiger partial charge on any atom is 0.231 e. The van der Waals surface area contributed by atoms with Gasteiger partial charge in [0.2, 0.25) is 5.91 Å². The van der Waals surface area contributed by atoms with Crippen LogP contribution >= 0.6 is 0 Å². The van der Waals surface area contributed by atoms with Gasteiger partial charge in [-0.3, -0.25) is 9.69 Å². The highest BCUT2D eigenvalue weighted by molar-refractivity contribution is 7.90. The van der Waals surface area contributed by atoms with Crippen LogP contribution in [0.15, 0.2) is 30.3 Å². The van der Waals surface area contributed by atoms with Crippen molar-refractivity contribution in [2.45, 2.75) is 18.9 Å². The number of likely N-dealkylation sites (tertiary alicyclic amines) is 1. The monoisotopic (exact) mass is 310 g/mol. The Kier molecular flexibility index (Phi) is 5.00. The predicted molar refractivity (Wildman–Crippen MR) is 82.4 cm³/mol. The molecule has 0 unspecified atom stereocenters. The first kappa shape index (κ1) is 16.0. The molecule has 0 aliphatic carbocycles. The average Bonchev–Trinajstić information content (AvgIpc) is 2.37. The van der Waals surface area contributed by atoms with E-state index in [1.165, 1.54) is 6.26 Å². The van der Waals surface area contributed by atoms with E-state index in [-0.39, 0.29) is 30.2 Å². The molecule has 0 bridgehead atoms. The molecular weight excluding hydrogens is 288 g/mol. The van der Waals surface area contributed by atoms with Crippen LogP contribution in [0.25, 0.3) is 0 Å². The second-order valence-corrected chi connectivity index (χ2v) is 8.04. The van der Waals surface area contributed by atoms with Crippen molar-refractivity contribution in [1.82, 2.24) is 4.90 Å². The van der Waals surface area contributed by atoms with Gasteiger partial charge in [0.05, 0.1) is 12.3 Å². The molecule has 1 aromatic carbocycles. The molecule has 2 N–H and O–H groups in total. The van der Waals surface area contributed by atoms with Gasteiger partial charge in [0, 0.05) is 18.8 Å². The second kappa shape index (κ2) is 6.58. The molecule has 1 saturated heterocycles. The number of piperidine rings is 1. The first-order valence-corrected chi connectivity index (χ1v) is 9.16. The minimum absolute atomic E-state index is 0.0688. The molecule has 1 fully saturated rings. The highest BCUT2D eigenvalue weighted by atomic mass is 32.2. The van der Waals surface area contributed by atoms with Crippen molar-refractivity contribution in [3.8, 4) is 0 Å². The lowest BCUT2D eigenvalue weighted by Crippen LogP contribution is -2.44. The average molecular weight is 310 g/mol. The van der Waals surface area contributed by atoms with E-state index < -0.39 is 9.84 Å². The maximum absolute atomic E-state index is 11.5. The van der Waals surface area contributed by atoms with Gasteiger partial charge >= 0.3 is 0 Å². The smallest absolute Gasteiger partial charge is 0.231 e. The van der Waals surface area contributed by atoms with E-state index >= 15 is 0 Å². The normalized spacial score (nSPS) is 23.9. The van der Waals surface area contributed by atoms with Crippen LogP contribution in [-0.2, 0) is 14.6 Å². The number of nitrogens with two attached hydrogens (primary N) is 1. The third-order valence-corrected chi connectivity index (χ3v) is 4.94. The first-order chi connectivity index (χ1) is 9.85. The molecule has 2 atom stereocenters. The fourth-order valence-electron chi connectivity index (χ4n) is 3.12. The Morgan fingerprint density at radius 2 is 1.95 bits per heavy atom. The summed E-state index contributed by atoms with van der Waals surface area (Å²) in [6.45, 7) is 0.759. The van der Waals surface area contributed by atoms with Crippen LogP contribution in [0.5, 0.6) is 0 Å². The van der Waals surface area contributed by atoms with E-state index in [2.05, 4.69) is 0 Å². The summed E-state index contributed by atoms with van der Waals surface area (Å²) in [5, 5.41) is 0. The van der Waals surface area contributed by atoms with Gasteiger partial charge in [0.1, 0.15) is 9.84 Å². The van der Waals surface area contributed by atoms with Crippen LogP contribution in [0.4, 0.5) is 0 Å². The second-order valence-electron chi connectivity index (χ2n) is 5.86. The molecule has 1 heterocycles. The summed E-state index contributed by atoms with van der Waals surface area (Å²) in [7, 11) is -3.00. The van der Waals surface area contributed by atoms with E-state index in [4.69, 9.17) is 5.73 Å². The van der Waals surface area contributed by atoms with Gasteiger partial charge in [-0.2, -0.15) is 0 Å². The van der Waals surface area contributed by atoms with Crippen LogP contribution in [0.1, 0.15) is 24.4 Å². The summed E-state index contributed by atoms with van der Waals surface area (Å²) in [6, 6.07) is 10.1. The van der Waals surface area contributed by atoms with Crippen molar-refractivity contribution in [3.05, 3.63) is 35.9 Å². The zero-order valence-corrected chi connectivity index (χ0v) is 13.1. The van der Waals surface area contributed by atoms with Gasteiger partial charge in [-0.15, -0.1) is 0 Å². The Hall–Kier alpha value is -1.40. The molecule has 1 amide bonds. The Morgan fingerprint density at radius 1 is 1.29 bits per heavy atom. The number of hydrogen-bond acceptors (Lipinski definition) is 4. The van der Waals surface area contributed by atoms with E-state index in [9.17, 15) is 13.2 Å². The van der Waals surface area contributed by atoms with Crippen LogP contribution in [0, 0.1) is 5.92 Å². The van der Waals surface area contributed by atoms with E-state index in [0.29, 0.717) is 6.54 Å². The number of sulfone groups is 1. The highest BCUT2D eigenvalue weighted by Crippen LogP contribution is 2.33. The van der Waals surface area contributed by atoms with Gasteiger partial charge in [0.25, 0.3) is 0 Å². The van der Waals surface area contributed by atoms with Crippen LogP contribution in [-0.4, -0.2) is 44.3 Å². The SMILES string of the molecule is CS(=O)(=O)C[C@H]1CC[C@@H](c2ccccc2)N(CC(N)=O)C1. The molecular formula is C15H22N2O3S. The number of amides is 1. The lowest BCUT2D eigenvalue weighted by molar-refractivity contribution is -0.120. The molecule has 116 valence electrons. The number of nitrogens with zero attached hydrogens (tertiary/aromatic N) is 1. The van der Waals surface area contributed by atoms with Gasteiger partial charge in [-0.05, 0) is 24.3 Å². The van der Waals surface area contributed by atoms with E-state index in [1.807, 2.05) is 35.2 Å². The zero-order chi connectivity index (χ0) is 15.5. The van der Waals surface area contributed by atoms with Crippen molar-refractivity contribution < 1.29 is 13.2 Å². The third kappa shape index (κ3) is 4.82. The fraction of sp³-hybridized carbons (Fsp3) is 0.533.